The van der Waals surface area contributed by atoms with Crippen LogP contribution in [0, 0.1) is 18.3 Å². The van der Waals surface area contributed by atoms with E-state index < -0.39 is 0 Å². The van der Waals surface area contributed by atoms with Crippen molar-refractivity contribution in [3.8, 4) is 11.8 Å². The van der Waals surface area contributed by atoms with Gasteiger partial charge in [-0.1, -0.05) is 12.1 Å². The number of para-hydroxylation sites is 1. The highest BCUT2D eigenvalue weighted by Crippen LogP contribution is 2.28. The van der Waals surface area contributed by atoms with Crippen LogP contribution in [0.3, 0.4) is 0 Å². The molecule has 96 valence electrons. The number of hydrogen-bond donors (Lipinski definition) is 1. The van der Waals surface area contributed by atoms with Crippen LogP contribution < -0.4 is 10.1 Å². The van der Waals surface area contributed by atoms with Crippen LogP contribution in [0.4, 0.5) is 5.69 Å². The number of hydrogen-bond acceptors (Lipinski definition) is 4. The lowest BCUT2D eigenvalue weighted by Gasteiger charge is -2.12. The summed E-state index contributed by atoms with van der Waals surface area (Å²) in [6.07, 6.45) is 3.62. The molecule has 1 heterocycles. The molecule has 0 radical (unpaired) electrons. The lowest BCUT2D eigenvalue weighted by Crippen LogP contribution is -2.04. The number of anilines is 1. The molecule has 0 fully saturated rings. The summed E-state index contributed by atoms with van der Waals surface area (Å²) in [5, 5.41) is 12.4. The van der Waals surface area contributed by atoms with Crippen molar-refractivity contribution in [1.29, 1.82) is 5.26 Å². The third-order valence-corrected chi connectivity index (χ3v) is 2.77. The Labute approximate surface area is 112 Å². The van der Waals surface area contributed by atoms with Gasteiger partial charge in [0.2, 0.25) is 0 Å². The van der Waals surface area contributed by atoms with E-state index in [9.17, 15) is 0 Å². The molecule has 19 heavy (non-hydrogen) atoms. The molecule has 0 aliphatic carbocycles. The molecule has 0 spiro atoms. The van der Waals surface area contributed by atoms with Crippen molar-refractivity contribution in [3.63, 3.8) is 0 Å². The number of pyridine rings is 1. The zero-order chi connectivity index (χ0) is 13.7. The van der Waals surface area contributed by atoms with E-state index >= 15 is 0 Å². The number of nitrogens with zero attached hydrogens (tertiary/aromatic N) is 2. The summed E-state index contributed by atoms with van der Waals surface area (Å²) in [6.45, 7) is 2.60. The van der Waals surface area contributed by atoms with Crippen molar-refractivity contribution in [3.05, 3.63) is 53.3 Å². The molecule has 2 aromatic rings. The van der Waals surface area contributed by atoms with Crippen LogP contribution in [0.1, 0.15) is 16.7 Å². The van der Waals surface area contributed by atoms with Crippen molar-refractivity contribution >= 4 is 5.69 Å². The normalized spacial score (nSPS) is 9.74. The summed E-state index contributed by atoms with van der Waals surface area (Å²) in [7, 11) is 1.59. The molecule has 0 saturated carbocycles. The zero-order valence-corrected chi connectivity index (χ0v) is 11.0. The second-order valence-corrected chi connectivity index (χ2v) is 4.22. The molecule has 0 unspecified atom stereocenters. The molecule has 1 aromatic carbocycles. The number of aryl methyl sites for hydroxylation is 1. The Morgan fingerprint density at radius 1 is 1.37 bits per heavy atom. The molecule has 2 rings (SSSR count). The zero-order valence-electron chi connectivity index (χ0n) is 11.0. The lowest BCUT2D eigenvalue weighted by atomic mass is 10.1. The van der Waals surface area contributed by atoms with Gasteiger partial charge in [-0.3, -0.25) is 4.98 Å². The van der Waals surface area contributed by atoms with Crippen LogP contribution in [0.5, 0.6) is 5.75 Å². The van der Waals surface area contributed by atoms with Crippen LogP contribution in [0.15, 0.2) is 36.7 Å². The van der Waals surface area contributed by atoms with E-state index in [0.717, 1.165) is 11.1 Å². The molecule has 0 aliphatic heterocycles. The van der Waals surface area contributed by atoms with Crippen LogP contribution >= 0.6 is 0 Å². The first kappa shape index (κ1) is 12.9. The fourth-order valence-electron chi connectivity index (χ4n) is 1.88. The van der Waals surface area contributed by atoms with E-state index in [-0.39, 0.29) is 0 Å². The third kappa shape index (κ3) is 3.02. The van der Waals surface area contributed by atoms with Crippen molar-refractivity contribution in [2.75, 3.05) is 12.4 Å². The predicted molar refractivity (Wildman–Crippen MR) is 74.0 cm³/mol. The summed E-state index contributed by atoms with van der Waals surface area (Å²) in [5.74, 6) is 0.666. The number of ether oxygens (including phenoxy) is 1. The van der Waals surface area contributed by atoms with Crippen molar-refractivity contribution in [2.24, 2.45) is 0 Å². The van der Waals surface area contributed by atoms with Gasteiger partial charge < -0.3 is 10.1 Å². The van der Waals surface area contributed by atoms with Gasteiger partial charge in [0.05, 0.1) is 18.4 Å². The first-order chi connectivity index (χ1) is 9.24. The Morgan fingerprint density at radius 3 is 2.89 bits per heavy atom. The predicted octanol–water partition coefficient (Wildman–Crippen LogP) is 2.88. The molecule has 0 saturated heterocycles. The van der Waals surface area contributed by atoms with Crippen LogP contribution in [-0.2, 0) is 6.54 Å². The molecule has 4 nitrogen and oxygen atoms in total. The molecule has 0 atom stereocenters. The quantitative estimate of drug-likeness (QED) is 0.910. The summed E-state index contributed by atoms with van der Waals surface area (Å²) in [5.41, 5.74) is 3.46. The number of methoxy groups -OCH3 is 1. The van der Waals surface area contributed by atoms with Gasteiger partial charge in [-0.25, -0.2) is 0 Å². The lowest BCUT2D eigenvalue weighted by molar-refractivity contribution is 0.416. The van der Waals surface area contributed by atoms with Gasteiger partial charge in [0, 0.05) is 18.9 Å². The summed E-state index contributed by atoms with van der Waals surface area (Å²) in [4.78, 5) is 4.15. The minimum Gasteiger partial charge on any atom is -0.495 e. The van der Waals surface area contributed by atoms with E-state index in [4.69, 9.17) is 10.00 Å². The van der Waals surface area contributed by atoms with Crippen molar-refractivity contribution in [1.82, 2.24) is 4.98 Å². The molecule has 1 N–H and O–H groups in total. The van der Waals surface area contributed by atoms with Crippen molar-refractivity contribution < 1.29 is 4.74 Å². The summed E-state index contributed by atoms with van der Waals surface area (Å²) in [6, 6.07) is 9.61. The summed E-state index contributed by atoms with van der Waals surface area (Å²) < 4.78 is 5.27. The SMILES string of the molecule is COc1cccc(C#N)c1NCc1cncc(C)c1. The highest BCUT2D eigenvalue weighted by molar-refractivity contribution is 5.66. The smallest absolute Gasteiger partial charge is 0.143 e. The Morgan fingerprint density at radius 2 is 2.21 bits per heavy atom. The molecule has 0 bridgehead atoms. The minimum absolute atomic E-state index is 0.569. The molecule has 4 heteroatoms. The maximum atomic E-state index is 9.12. The van der Waals surface area contributed by atoms with Gasteiger partial charge >= 0.3 is 0 Å². The Kier molecular flexibility index (Phi) is 3.99. The Balaban J connectivity index is 2.22. The fourth-order valence-corrected chi connectivity index (χ4v) is 1.88. The van der Waals surface area contributed by atoms with Gasteiger partial charge in [-0.15, -0.1) is 0 Å². The van der Waals surface area contributed by atoms with E-state index in [1.807, 2.05) is 25.4 Å². The molecular weight excluding hydrogens is 238 g/mol. The van der Waals surface area contributed by atoms with E-state index in [1.54, 1.807) is 19.2 Å². The largest absolute Gasteiger partial charge is 0.495 e. The third-order valence-electron chi connectivity index (χ3n) is 2.77. The van der Waals surface area contributed by atoms with Gasteiger partial charge in [0.25, 0.3) is 0 Å². The maximum absolute atomic E-state index is 9.12. The Hall–Kier alpha value is -2.54. The van der Waals surface area contributed by atoms with E-state index in [2.05, 4.69) is 22.4 Å². The monoisotopic (exact) mass is 253 g/mol. The first-order valence-corrected chi connectivity index (χ1v) is 5.96. The summed E-state index contributed by atoms with van der Waals surface area (Å²) >= 11 is 0. The number of aromatic nitrogens is 1. The topological polar surface area (TPSA) is 57.9 Å². The van der Waals surface area contributed by atoms with Crippen LogP contribution in [-0.4, -0.2) is 12.1 Å². The van der Waals surface area contributed by atoms with Gasteiger partial charge in [-0.05, 0) is 30.2 Å². The molecule has 1 aromatic heterocycles. The van der Waals surface area contributed by atoms with Crippen molar-refractivity contribution in [2.45, 2.75) is 13.5 Å². The average molecular weight is 253 g/mol. The minimum atomic E-state index is 0.569. The number of nitriles is 1. The number of benzene rings is 1. The number of nitrogens with one attached hydrogen (secondary N) is 1. The molecule has 0 amide bonds. The highest BCUT2D eigenvalue weighted by Gasteiger charge is 2.08. The standard InChI is InChI=1S/C15H15N3O/c1-11-6-12(9-17-8-11)10-18-15-13(7-16)4-3-5-14(15)19-2/h3-6,8-9,18H,10H2,1-2H3. The van der Waals surface area contributed by atoms with E-state index in [0.29, 0.717) is 23.5 Å². The Bertz CT molecular complexity index is 617. The van der Waals surface area contributed by atoms with Gasteiger partial charge in [0.1, 0.15) is 11.8 Å². The average Bonchev–Trinajstić information content (AvgIpc) is 2.44. The second-order valence-electron chi connectivity index (χ2n) is 4.22. The maximum Gasteiger partial charge on any atom is 0.143 e. The van der Waals surface area contributed by atoms with Crippen LogP contribution in [0.2, 0.25) is 0 Å². The fraction of sp³-hybridized carbons (Fsp3) is 0.200. The van der Waals surface area contributed by atoms with Gasteiger partial charge in [0.15, 0.2) is 0 Å². The highest BCUT2D eigenvalue weighted by atomic mass is 16.5. The number of rotatable bonds is 4. The molecular formula is C15H15N3O. The van der Waals surface area contributed by atoms with Gasteiger partial charge in [-0.2, -0.15) is 5.26 Å². The molecule has 0 aliphatic rings. The first-order valence-electron chi connectivity index (χ1n) is 5.96. The second kappa shape index (κ2) is 5.87. The van der Waals surface area contributed by atoms with Crippen LogP contribution in [0.25, 0.3) is 0 Å². The van der Waals surface area contributed by atoms with E-state index in [1.165, 1.54) is 0 Å².